The van der Waals surface area contributed by atoms with Gasteiger partial charge in [-0.2, -0.15) is 0 Å². The Morgan fingerprint density at radius 2 is 1.90 bits per heavy atom. The normalized spacial score (nSPS) is 38.8. The van der Waals surface area contributed by atoms with Crippen molar-refractivity contribution < 1.29 is 9.85 Å². The average Bonchev–Trinajstić information content (AvgIpc) is 3.06. The number of hydrogen-bond acceptors (Lipinski definition) is 5. The van der Waals surface area contributed by atoms with E-state index in [2.05, 4.69) is 15.9 Å². The highest BCUT2D eigenvalue weighted by atomic mass is 79.9. The molecule has 5 atom stereocenters. The number of allylic oxidation sites excluding steroid dienone is 1. The van der Waals surface area contributed by atoms with Crippen LogP contribution in [0, 0.1) is 32.1 Å². The Labute approximate surface area is 128 Å². The molecule has 2 saturated carbocycles. The van der Waals surface area contributed by atoms with Crippen molar-refractivity contribution >= 4 is 27.7 Å². The first-order chi connectivity index (χ1) is 9.49. The molecule has 20 heavy (non-hydrogen) atoms. The standard InChI is InChI=1S/C12H13BrN2O4S/c13-10-6-1-2-7(5-6)12(10)20-9-4-3-8(14(16)17)11(9)15(18)19/h3-4,6-7,9-10,12H,1-2,5H2/t6-,7+,9-,10-,12+/m1/s1. The van der Waals surface area contributed by atoms with Gasteiger partial charge in [0.05, 0.1) is 9.85 Å². The highest BCUT2D eigenvalue weighted by molar-refractivity contribution is 9.09. The number of fused-ring (bicyclic) bond motifs is 2. The Hall–Kier alpha value is -0.890. The van der Waals surface area contributed by atoms with Crippen molar-refractivity contribution in [2.24, 2.45) is 11.8 Å². The highest BCUT2D eigenvalue weighted by Gasteiger charge is 2.49. The van der Waals surface area contributed by atoms with Crippen molar-refractivity contribution in [2.75, 3.05) is 0 Å². The zero-order valence-corrected chi connectivity index (χ0v) is 12.9. The number of halogens is 1. The quantitative estimate of drug-likeness (QED) is 0.437. The summed E-state index contributed by atoms with van der Waals surface area (Å²) in [5.41, 5.74) is -0.649. The summed E-state index contributed by atoms with van der Waals surface area (Å²) >= 11 is 5.21. The second-order valence-corrected chi connectivity index (χ2v) is 7.82. The fraction of sp³-hybridized carbons (Fsp3) is 0.667. The van der Waals surface area contributed by atoms with Gasteiger partial charge >= 0.3 is 11.4 Å². The Bertz CT molecular complexity index is 534. The van der Waals surface area contributed by atoms with Crippen LogP contribution in [0.15, 0.2) is 23.5 Å². The lowest BCUT2D eigenvalue weighted by atomic mass is 10.0. The molecule has 2 fully saturated rings. The predicted molar refractivity (Wildman–Crippen MR) is 78.9 cm³/mol. The van der Waals surface area contributed by atoms with Crippen LogP contribution in [0.5, 0.6) is 0 Å². The van der Waals surface area contributed by atoms with Gasteiger partial charge in [-0.3, -0.25) is 20.2 Å². The fourth-order valence-corrected chi connectivity index (χ4v) is 6.46. The first-order valence-electron chi connectivity index (χ1n) is 6.49. The van der Waals surface area contributed by atoms with Gasteiger partial charge in [-0.05, 0) is 31.1 Å². The molecule has 0 unspecified atom stereocenters. The second-order valence-electron chi connectivity index (χ2n) is 5.44. The van der Waals surface area contributed by atoms with Gasteiger partial charge in [0.1, 0.15) is 5.25 Å². The molecule has 0 aromatic rings. The smallest absolute Gasteiger partial charge is 0.258 e. The van der Waals surface area contributed by atoms with Crippen molar-refractivity contribution in [2.45, 2.75) is 34.6 Å². The number of rotatable bonds is 4. The van der Waals surface area contributed by atoms with E-state index in [0.29, 0.717) is 21.9 Å². The maximum Gasteiger partial charge on any atom is 0.342 e. The van der Waals surface area contributed by atoms with Gasteiger partial charge in [-0.25, -0.2) is 0 Å². The van der Waals surface area contributed by atoms with Crippen LogP contribution in [0.2, 0.25) is 0 Å². The van der Waals surface area contributed by atoms with Gasteiger partial charge in [0.2, 0.25) is 0 Å². The van der Waals surface area contributed by atoms with Gasteiger partial charge in [-0.1, -0.05) is 22.0 Å². The van der Waals surface area contributed by atoms with E-state index in [9.17, 15) is 20.2 Å². The van der Waals surface area contributed by atoms with Crippen LogP contribution in [0.4, 0.5) is 0 Å². The molecule has 2 bridgehead atoms. The molecule has 3 aliphatic rings. The maximum atomic E-state index is 11.1. The highest BCUT2D eigenvalue weighted by Crippen LogP contribution is 2.54. The van der Waals surface area contributed by atoms with Gasteiger partial charge < -0.3 is 0 Å². The Kier molecular flexibility index (Phi) is 3.62. The lowest BCUT2D eigenvalue weighted by Crippen LogP contribution is -2.28. The molecular formula is C12H13BrN2O4S. The zero-order valence-electron chi connectivity index (χ0n) is 10.5. The Morgan fingerprint density at radius 1 is 1.20 bits per heavy atom. The molecule has 0 saturated heterocycles. The molecule has 0 radical (unpaired) electrons. The lowest BCUT2D eigenvalue weighted by Gasteiger charge is -2.27. The molecular weight excluding hydrogens is 348 g/mol. The minimum atomic E-state index is -0.665. The molecule has 108 valence electrons. The number of nitro groups is 2. The van der Waals surface area contributed by atoms with E-state index in [0.717, 1.165) is 0 Å². The predicted octanol–water partition coefficient (Wildman–Crippen LogP) is 2.99. The summed E-state index contributed by atoms with van der Waals surface area (Å²) in [5, 5.41) is 21.8. The molecule has 8 heteroatoms. The van der Waals surface area contributed by atoms with Crippen LogP contribution in [-0.2, 0) is 0 Å². The van der Waals surface area contributed by atoms with Crippen molar-refractivity contribution in [1.29, 1.82) is 0 Å². The summed E-state index contributed by atoms with van der Waals surface area (Å²) in [6.07, 6.45) is 6.42. The monoisotopic (exact) mass is 360 g/mol. The number of thioether (sulfide) groups is 1. The largest absolute Gasteiger partial charge is 0.342 e. The molecule has 0 amide bonds. The number of nitrogens with zero attached hydrogens (tertiary/aromatic N) is 2. The third kappa shape index (κ3) is 2.18. The summed E-state index contributed by atoms with van der Waals surface area (Å²) < 4.78 is 0. The zero-order chi connectivity index (χ0) is 14.4. The first-order valence-corrected chi connectivity index (χ1v) is 8.35. The molecule has 0 heterocycles. The minimum Gasteiger partial charge on any atom is -0.258 e. The van der Waals surface area contributed by atoms with Gasteiger partial charge in [0.15, 0.2) is 0 Å². The van der Waals surface area contributed by atoms with Gasteiger partial charge in [0, 0.05) is 16.2 Å². The molecule has 3 rings (SSSR count). The first kappa shape index (κ1) is 14.1. The molecule has 0 spiro atoms. The summed E-state index contributed by atoms with van der Waals surface area (Å²) in [6, 6.07) is 0. The van der Waals surface area contributed by atoms with Crippen LogP contribution in [0.3, 0.4) is 0 Å². The summed E-state index contributed by atoms with van der Waals surface area (Å²) in [6.45, 7) is 0. The van der Waals surface area contributed by atoms with Gasteiger partial charge in [-0.15, -0.1) is 11.8 Å². The lowest BCUT2D eigenvalue weighted by molar-refractivity contribution is -0.466. The molecule has 3 aliphatic carbocycles. The van der Waals surface area contributed by atoms with Crippen molar-refractivity contribution in [3.05, 3.63) is 43.8 Å². The van der Waals surface area contributed by atoms with Crippen molar-refractivity contribution in [1.82, 2.24) is 0 Å². The summed E-state index contributed by atoms with van der Waals surface area (Å²) in [4.78, 5) is 21.1. The van der Waals surface area contributed by atoms with Crippen LogP contribution >= 0.6 is 27.7 Å². The van der Waals surface area contributed by atoms with Crippen LogP contribution in [0.25, 0.3) is 0 Å². The topological polar surface area (TPSA) is 86.3 Å². The Balaban J connectivity index is 1.80. The fourth-order valence-electron chi connectivity index (χ4n) is 3.49. The maximum absolute atomic E-state index is 11.1. The van der Waals surface area contributed by atoms with Gasteiger partial charge in [0.25, 0.3) is 0 Å². The molecule has 0 N–H and O–H groups in total. The van der Waals surface area contributed by atoms with Crippen LogP contribution < -0.4 is 0 Å². The van der Waals surface area contributed by atoms with E-state index in [1.807, 2.05) is 0 Å². The third-order valence-electron chi connectivity index (χ3n) is 4.40. The van der Waals surface area contributed by atoms with E-state index >= 15 is 0 Å². The molecule has 6 nitrogen and oxygen atoms in total. The average molecular weight is 361 g/mol. The second kappa shape index (κ2) is 5.14. The van der Waals surface area contributed by atoms with E-state index in [1.54, 1.807) is 6.08 Å². The third-order valence-corrected chi connectivity index (χ3v) is 7.73. The molecule has 0 aliphatic heterocycles. The Morgan fingerprint density at radius 3 is 2.45 bits per heavy atom. The summed E-state index contributed by atoms with van der Waals surface area (Å²) in [5.74, 6) is 1.23. The van der Waals surface area contributed by atoms with E-state index < -0.39 is 15.1 Å². The van der Waals surface area contributed by atoms with E-state index in [4.69, 9.17) is 0 Å². The number of alkyl halides is 1. The minimum absolute atomic E-state index is 0.275. The summed E-state index contributed by atoms with van der Waals surface area (Å²) in [7, 11) is 0. The SMILES string of the molecule is O=[N+]([O-])C1=C([N+](=O)[O-])[C@H](S[C@H]2[C@H]3CC[C@H](C3)[C@H]2Br)C=C1. The van der Waals surface area contributed by atoms with Crippen LogP contribution in [-0.4, -0.2) is 25.2 Å². The van der Waals surface area contributed by atoms with E-state index in [-0.39, 0.29) is 11.4 Å². The van der Waals surface area contributed by atoms with Crippen molar-refractivity contribution in [3.8, 4) is 0 Å². The molecule has 0 aromatic carbocycles. The van der Waals surface area contributed by atoms with Crippen LogP contribution in [0.1, 0.15) is 19.3 Å². The van der Waals surface area contributed by atoms with E-state index in [1.165, 1.54) is 37.1 Å². The number of hydrogen-bond donors (Lipinski definition) is 0. The van der Waals surface area contributed by atoms with Crippen molar-refractivity contribution in [3.63, 3.8) is 0 Å². The molecule has 0 aromatic heterocycles.